The summed E-state index contributed by atoms with van der Waals surface area (Å²) in [6.07, 6.45) is 3.36. The highest BCUT2D eigenvalue weighted by Crippen LogP contribution is 2.44. The van der Waals surface area contributed by atoms with Gasteiger partial charge in [0.25, 0.3) is 5.91 Å². The highest BCUT2D eigenvalue weighted by Gasteiger charge is 2.42. The van der Waals surface area contributed by atoms with Crippen LogP contribution in [0.25, 0.3) is 0 Å². The maximum atomic E-state index is 13.4. The zero-order chi connectivity index (χ0) is 23.9. The van der Waals surface area contributed by atoms with Gasteiger partial charge in [0.15, 0.2) is 27.3 Å². The second-order valence-corrected chi connectivity index (χ2v) is 11.1. The number of sulfone groups is 1. The van der Waals surface area contributed by atoms with E-state index in [9.17, 15) is 31.2 Å². The number of Topliss-reactive ketones (excluding diaryl/α,β-unsaturated/α-hetero) is 1. The summed E-state index contributed by atoms with van der Waals surface area (Å²) in [5, 5.41) is 2.17. The lowest BCUT2D eigenvalue weighted by Crippen LogP contribution is -2.40. The van der Waals surface area contributed by atoms with E-state index in [0.717, 1.165) is 25.3 Å². The molecular formula is C23H21ClF3NO4S. The molecular weight excluding hydrogens is 479 g/mol. The molecule has 176 valence electrons. The number of hydrogen-bond donors (Lipinski definition) is 1. The summed E-state index contributed by atoms with van der Waals surface area (Å²) in [6.45, 7) is 0. The number of anilines is 1. The van der Waals surface area contributed by atoms with Crippen LogP contribution in [-0.2, 0) is 14.6 Å². The molecule has 2 saturated carbocycles. The van der Waals surface area contributed by atoms with E-state index in [-0.39, 0.29) is 50.5 Å². The molecule has 1 amide bonds. The zero-order valence-corrected chi connectivity index (χ0v) is 19.0. The number of ketones is 1. The van der Waals surface area contributed by atoms with Gasteiger partial charge in [0.2, 0.25) is 0 Å². The van der Waals surface area contributed by atoms with Crippen molar-refractivity contribution in [3.05, 3.63) is 58.4 Å². The van der Waals surface area contributed by atoms with Gasteiger partial charge in [0.05, 0.1) is 15.7 Å². The Labute approximate surface area is 194 Å². The van der Waals surface area contributed by atoms with E-state index in [0.29, 0.717) is 25.0 Å². The first-order chi connectivity index (χ1) is 15.5. The van der Waals surface area contributed by atoms with Crippen molar-refractivity contribution >= 4 is 38.8 Å². The maximum absolute atomic E-state index is 13.4. The standard InChI is InChI=1S/C23H21ClF3NO4S/c24-18-5-4-14(23(30)28-15-9-19(25)22(27)20(26)10-15)8-21(18)33(31,32)11-17-12-2-1-3-13(17)7-16(29)6-12/h4-5,8-10,12-13,17H,1-3,6-7,11H2,(H,28,30)/t12-,13?,17?/m0/s1. The van der Waals surface area contributed by atoms with E-state index in [1.54, 1.807) is 0 Å². The molecule has 33 heavy (non-hydrogen) atoms. The SMILES string of the molecule is O=C1CC2CCC[C@@H](C1)C2CS(=O)(=O)c1cc(C(=O)Nc2cc(F)c(F)c(F)c2)ccc1Cl. The smallest absolute Gasteiger partial charge is 0.255 e. The number of rotatable bonds is 5. The van der Waals surface area contributed by atoms with E-state index >= 15 is 0 Å². The van der Waals surface area contributed by atoms with Gasteiger partial charge in [0.1, 0.15) is 5.78 Å². The predicted molar refractivity (Wildman–Crippen MR) is 116 cm³/mol. The summed E-state index contributed by atoms with van der Waals surface area (Å²) in [5.74, 6) is -5.56. The van der Waals surface area contributed by atoms with Gasteiger partial charge in [-0.3, -0.25) is 9.59 Å². The van der Waals surface area contributed by atoms with Crippen molar-refractivity contribution in [2.75, 3.05) is 11.1 Å². The van der Waals surface area contributed by atoms with E-state index in [1.165, 1.54) is 12.1 Å². The number of benzene rings is 2. The molecule has 1 N–H and O–H groups in total. The van der Waals surface area contributed by atoms with Crippen molar-refractivity contribution in [2.24, 2.45) is 17.8 Å². The average molecular weight is 500 g/mol. The summed E-state index contributed by atoms with van der Waals surface area (Å²) < 4.78 is 66.5. The molecule has 0 aliphatic heterocycles. The van der Waals surface area contributed by atoms with Crippen LogP contribution in [0.3, 0.4) is 0 Å². The number of halogens is 4. The average Bonchev–Trinajstić information content (AvgIpc) is 2.72. The third-order valence-electron chi connectivity index (χ3n) is 6.52. The van der Waals surface area contributed by atoms with Gasteiger partial charge in [-0.05, 0) is 48.8 Å². The first-order valence-electron chi connectivity index (χ1n) is 10.5. The highest BCUT2D eigenvalue weighted by atomic mass is 35.5. The Hall–Kier alpha value is -2.39. The minimum Gasteiger partial charge on any atom is -0.322 e. The van der Waals surface area contributed by atoms with Gasteiger partial charge in [0, 0.05) is 36.2 Å². The largest absolute Gasteiger partial charge is 0.322 e. The third-order valence-corrected chi connectivity index (χ3v) is 8.80. The number of carbonyl (C=O) groups excluding carboxylic acids is 2. The van der Waals surface area contributed by atoms with Crippen molar-refractivity contribution in [3.8, 4) is 0 Å². The minimum absolute atomic E-state index is 0.0216. The third kappa shape index (κ3) is 4.94. The molecule has 2 unspecified atom stereocenters. The van der Waals surface area contributed by atoms with Crippen LogP contribution in [0.15, 0.2) is 35.2 Å². The molecule has 0 spiro atoms. The summed E-state index contributed by atoms with van der Waals surface area (Å²) in [5.41, 5.74) is -0.419. The molecule has 2 bridgehead atoms. The van der Waals surface area contributed by atoms with Gasteiger partial charge in [-0.25, -0.2) is 21.6 Å². The second-order valence-electron chi connectivity index (χ2n) is 8.70. The first-order valence-corrected chi connectivity index (χ1v) is 12.6. The lowest BCUT2D eigenvalue weighted by atomic mass is 9.65. The lowest BCUT2D eigenvalue weighted by molar-refractivity contribution is -0.125. The van der Waals surface area contributed by atoms with E-state index in [4.69, 9.17) is 11.6 Å². The van der Waals surface area contributed by atoms with Gasteiger partial charge in [-0.15, -0.1) is 0 Å². The molecule has 0 aromatic heterocycles. The summed E-state index contributed by atoms with van der Waals surface area (Å²) in [7, 11) is -3.89. The van der Waals surface area contributed by atoms with Crippen LogP contribution >= 0.6 is 11.6 Å². The minimum atomic E-state index is -3.89. The van der Waals surface area contributed by atoms with Crippen molar-refractivity contribution in [1.82, 2.24) is 0 Å². The molecule has 2 aromatic rings. The van der Waals surface area contributed by atoms with Crippen LogP contribution in [0.1, 0.15) is 42.5 Å². The Morgan fingerprint density at radius 1 is 1.03 bits per heavy atom. The number of nitrogens with one attached hydrogen (secondary N) is 1. The van der Waals surface area contributed by atoms with Crippen LogP contribution in [0.5, 0.6) is 0 Å². The fourth-order valence-corrected chi connectivity index (χ4v) is 7.33. The molecule has 10 heteroatoms. The molecule has 0 radical (unpaired) electrons. The van der Waals surface area contributed by atoms with Gasteiger partial charge in [-0.2, -0.15) is 0 Å². The van der Waals surface area contributed by atoms with Crippen LogP contribution in [-0.4, -0.2) is 25.9 Å². The van der Waals surface area contributed by atoms with Crippen LogP contribution < -0.4 is 5.32 Å². The van der Waals surface area contributed by atoms with Crippen molar-refractivity contribution in [3.63, 3.8) is 0 Å². The summed E-state index contributed by atoms with van der Waals surface area (Å²) >= 11 is 6.16. The summed E-state index contributed by atoms with van der Waals surface area (Å²) in [6, 6.07) is 4.90. The Kier molecular flexibility index (Phi) is 6.55. The molecule has 0 saturated heterocycles. The molecule has 2 fully saturated rings. The summed E-state index contributed by atoms with van der Waals surface area (Å²) in [4.78, 5) is 24.3. The fraction of sp³-hybridized carbons (Fsp3) is 0.391. The van der Waals surface area contributed by atoms with E-state index < -0.39 is 33.2 Å². The van der Waals surface area contributed by atoms with Crippen molar-refractivity contribution in [1.29, 1.82) is 0 Å². The quantitative estimate of drug-likeness (QED) is 0.575. The van der Waals surface area contributed by atoms with Crippen LogP contribution in [0.2, 0.25) is 5.02 Å². The Bertz CT molecular complexity index is 1200. The second kappa shape index (κ2) is 9.10. The van der Waals surface area contributed by atoms with Crippen molar-refractivity contribution < 1.29 is 31.2 Å². The first kappa shape index (κ1) is 23.8. The number of carbonyl (C=O) groups is 2. The molecule has 0 heterocycles. The Morgan fingerprint density at radius 2 is 1.64 bits per heavy atom. The predicted octanol–water partition coefficient (Wildman–Crippen LogP) is 5.18. The monoisotopic (exact) mass is 499 g/mol. The van der Waals surface area contributed by atoms with Gasteiger partial charge in [-0.1, -0.05) is 18.0 Å². The van der Waals surface area contributed by atoms with Gasteiger partial charge >= 0.3 is 0 Å². The molecule has 4 rings (SSSR count). The molecule has 2 aliphatic carbocycles. The maximum Gasteiger partial charge on any atom is 0.255 e. The lowest BCUT2D eigenvalue weighted by Gasteiger charge is -2.41. The topological polar surface area (TPSA) is 80.3 Å². The number of hydrogen-bond acceptors (Lipinski definition) is 4. The fourth-order valence-electron chi connectivity index (χ4n) is 4.96. The number of fused-ring (bicyclic) bond motifs is 2. The number of amides is 1. The molecule has 2 aliphatic rings. The molecule has 5 nitrogen and oxygen atoms in total. The van der Waals surface area contributed by atoms with E-state index in [1.807, 2.05) is 0 Å². The van der Waals surface area contributed by atoms with Crippen molar-refractivity contribution in [2.45, 2.75) is 37.0 Å². The van der Waals surface area contributed by atoms with Crippen LogP contribution in [0.4, 0.5) is 18.9 Å². The Morgan fingerprint density at radius 3 is 2.24 bits per heavy atom. The van der Waals surface area contributed by atoms with Crippen LogP contribution in [0, 0.1) is 35.2 Å². The normalized spacial score (nSPS) is 22.8. The zero-order valence-electron chi connectivity index (χ0n) is 17.4. The molecule has 3 atom stereocenters. The van der Waals surface area contributed by atoms with Gasteiger partial charge < -0.3 is 5.32 Å². The van der Waals surface area contributed by atoms with E-state index in [2.05, 4.69) is 5.32 Å². The highest BCUT2D eigenvalue weighted by molar-refractivity contribution is 7.91. The molecule has 2 aromatic carbocycles. The Balaban J connectivity index is 1.57.